The van der Waals surface area contributed by atoms with Gasteiger partial charge in [0.15, 0.2) is 0 Å². The smallest absolute Gasteiger partial charge is 0.222 e. The number of hydrogen-bond donors (Lipinski definition) is 0. The number of fused-ring (bicyclic) bond motifs is 2. The third kappa shape index (κ3) is 1.32. The summed E-state index contributed by atoms with van der Waals surface area (Å²) in [7, 11) is 0. The zero-order chi connectivity index (χ0) is 11.0. The molecule has 0 spiro atoms. The molecule has 1 aromatic carbocycles. The molecule has 0 atom stereocenters. The van der Waals surface area contributed by atoms with Crippen molar-refractivity contribution in [3.05, 3.63) is 47.2 Å². The van der Waals surface area contributed by atoms with Gasteiger partial charge < -0.3 is 4.74 Å². The summed E-state index contributed by atoms with van der Waals surface area (Å²) in [6.45, 7) is 0. The molecule has 0 N–H and O–H groups in total. The molecule has 3 nitrogen and oxygen atoms in total. The number of nitrogens with zero attached hydrogens (tertiary/aromatic N) is 2. The van der Waals surface area contributed by atoms with Crippen molar-refractivity contribution >= 4 is 12.0 Å². The Labute approximate surface area is 93.0 Å². The quantitative estimate of drug-likeness (QED) is 0.658. The van der Waals surface area contributed by atoms with Crippen molar-refractivity contribution in [3.63, 3.8) is 0 Å². The molecule has 76 valence electrons. The van der Waals surface area contributed by atoms with E-state index in [2.05, 4.69) is 11.1 Å². The molecular formula is C13H8N2O. The molecule has 3 rings (SSSR count). The van der Waals surface area contributed by atoms with Crippen molar-refractivity contribution in [3.8, 4) is 11.8 Å². The van der Waals surface area contributed by atoms with E-state index in [9.17, 15) is 0 Å². The van der Waals surface area contributed by atoms with Crippen molar-refractivity contribution in [2.75, 3.05) is 0 Å². The molecule has 2 aliphatic heterocycles. The maximum atomic E-state index is 8.82. The Morgan fingerprint density at radius 3 is 3.06 bits per heavy atom. The first kappa shape index (κ1) is 8.93. The highest BCUT2D eigenvalue weighted by Crippen LogP contribution is 2.31. The topological polar surface area (TPSA) is 45.4 Å². The van der Waals surface area contributed by atoms with E-state index < -0.39 is 0 Å². The van der Waals surface area contributed by atoms with Crippen molar-refractivity contribution in [2.45, 2.75) is 6.42 Å². The third-order valence-electron chi connectivity index (χ3n) is 2.59. The predicted molar refractivity (Wildman–Crippen MR) is 60.8 cm³/mol. The maximum Gasteiger partial charge on any atom is 0.222 e. The van der Waals surface area contributed by atoms with Crippen LogP contribution in [0.3, 0.4) is 0 Å². The second-order valence-electron chi connectivity index (χ2n) is 3.69. The minimum Gasteiger partial charge on any atom is -0.438 e. The van der Waals surface area contributed by atoms with Crippen molar-refractivity contribution in [1.82, 2.24) is 0 Å². The lowest BCUT2D eigenvalue weighted by Crippen LogP contribution is -2.18. The summed E-state index contributed by atoms with van der Waals surface area (Å²) < 4.78 is 5.66. The number of rotatable bonds is 0. The van der Waals surface area contributed by atoms with Crippen molar-refractivity contribution in [2.24, 2.45) is 4.99 Å². The van der Waals surface area contributed by atoms with Gasteiger partial charge >= 0.3 is 0 Å². The zero-order valence-corrected chi connectivity index (χ0v) is 8.47. The van der Waals surface area contributed by atoms with Crippen LogP contribution in [-0.2, 0) is 0 Å². The second-order valence-corrected chi connectivity index (χ2v) is 3.69. The summed E-state index contributed by atoms with van der Waals surface area (Å²) in [5.74, 6) is 1.43. The highest BCUT2D eigenvalue weighted by Gasteiger charge is 2.21. The molecule has 1 aromatic rings. The fourth-order valence-electron chi connectivity index (χ4n) is 1.80. The van der Waals surface area contributed by atoms with E-state index >= 15 is 0 Å². The number of benzene rings is 1. The van der Waals surface area contributed by atoms with Gasteiger partial charge in [0.05, 0.1) is 11.6 Å². The van der Waals surface area contributed by atoms with Crippen LogP contribution in [0.4, 0.5) is 0 Å². The van der Waals surface area contributed by atoms with E-state index in [0.717, 1.165) is 16.9 Å². The van der Waals surface area contributed by atoms with Gasteiger partial charge in [-0.05, 0) is 12.1 Å². The van der Waals surface area contributed by atoms with Crippen LogP contribution in [0.25, 0.3) is 6.08 Å². The maximum absolute atomic E-state index is 8.82. The molecule has 0 amide bonds. The summed E-state index contributed by atoms with van der Waals surface area (Å²) in [5, 5.41) is 8.82. The Bertz CT molecular complexity index is 588. The lowest BCUT2D eigenvalue weighted by molar-refractivity contribution is 0.542. The molecule has 0 bridgehead atoms. The molecule has 0 saturated carbocycles. The largest absolute Gasteiger partial charge is 0.438 e. The highest BCUT2D eigenvalue weighted by atomic mass is 16.5. The molecule has 0 aliphatic carbocycles. The van der Waals surface area contributed by atoms with Gasteiger partial charge in [-0.3, -0.25) is 0 Å². The van der Waals surface area contributed by atoms with Crippen molar-refractivity contribution in [1.29, 1.82) is 5.26 Å². The van der Waals surface area contributed by atoms with Crippen molar-refractivity contribution < 1.29 is 4.74 Å². The average molecular weight is 208 g/mol. The van der Waals surface area contributed by atoms with Gasteiger partial charge in [-0.2, -0.15) is 5.26 Å². The van der Waals surface area contributed by atoms with E-state index in [1.165, 1.54) is 0 Å². The van der Waals surface area contributed by atoms with Crippen LogP contribution in [0.1, 0.15) is 12.0 Å². The van der Waals surface area contributed by atoms with Gasteiger partial charge in [0.25, 0.3) is 0 Å². The molecule has 3 heteroatoms. The summed E-state index contributed by atoms with van der Waals surface area (Å²) in [6.07, 6.45) is 4.20. The predicted octanol–water partition coefficient (Wildman–Crippen LogP) is 2.67. The molecule has 2 heterocycles. The van der Waals surface area contributed by atoms with Gasteiger partial charge in [0.1, 0.15) is 5.75 Å². The molecular weight excluding hydrogens is 200 g/mol. The number of ether oxygens (including phenoxy) is 1. The molecule has 0 aromatic heterocycles. The number of allylic oxidation sites excluding steroid dienone is 1. The van der Waals surface area contributed by atoms with E-state index in [-0.39, 0.29) is 0 Å². The lowest BCUT2D eigenvalue weighted by atomic mass is 9.99. The lowest BCUT2D eigenvalue weighted by Gasteiger charge is -2.20. The first-order valence-electron chi connectivity index (χ1n) is 5.01. The molecule has 16 heavy (non-hydrogen) atoms. The second kappa shape index (κ2) is 3.35. The van der Waals surface area contributed by atoms with Crippen LogP contribution in [0.5, 0.6) is 5.75 Å². The van der Waals surface area contributed by atoms with E-state index in [0.29, 0.717) is 17.9 Å². The van der Waals surface area contributed by atoms with Crippen LogP contribution in [0.2, 0.25) is 0 Å². The summed E-state index contributed by atoms with van der Waals surface area (Å²) in [6, 6.07) is 9.91. The van der Waals surface area contributed by atoms with Gasteiger partial charge in [-0.25, -0.2) is 4.99 Å². The standard InChI is InChI=1S/C13H8N2O/c14-7-9-5-11-6-10-3-1-2-4-12(10)16-13(11)15-8-9/h1-4,6,8H,5H2. The normalized spacial score (nSPS) is 16.8. The molecule has 0 saturated heterocycles. The van der Waals surface area contributed by atoms with Gasteiger partial charge in [0.2, 0.25) is 5.90 Å². The summed E-state index contributed by atoms with van der Waals surface area (Å²) in [4.78, 5) is 4.14. The van der Waals surface area contributed by atoms with Gasteiger partial charge in [0, 0.05) is 23.8 Å². The van der Waals surface area contributed by atoms with Crippen LogP contribution in [0, 0.1) is 11.3 Å². The van der Waals surface area contributed by atoms with Crippen LogP contribution < -0.4 is 4.74 Å². The SMILES string of the molecule is N#CC1=CN=C2Oc3ccccc3C=C2C1. The third-order valence-corrected chi connectivity index (χ3v) is 2.59. The van der Waals surface area contributed by atoms with Gasteiger partial charge in [-0.15, -0.1) is 0 Å². The molecule has 0 radical (unpaired) electrons. The monoisotopic (exact) mass is 208 g/mol. The Balaban J connectivity index is 2.08. The summed E-state index contributed by atoms with van der Waals surface area (Å²) >= 11 is 0. The van der Waals surface area contributed by atoms with E-state index in [1.54, 1.807) is 6.20 Å². The first-order chi connectivity index (χ1) is 7.86. The van der Waals surface area contributed by atoms with Gasteiger partial charge in [-0.1, -0.05) is 18.2 Å². The van der Waals surface area contributed by atoms with Crippen LogP contribution in [-0.4, -0.2) is 5.90 Å². The Morgan fingerprint density at radius 1 is 1.31 bits per heavy atom. The van der Waals surface area contributed by atoms with E-state index in [4.69, 9.17) is 10.00 Å². The number of para-hydroxylation sites is 1. The fourth-order valence-corrected chi connectivity index (χ4v) is 1.80. The molecule has 0 fully saturated rings. The molecule has 0 unspecified atom stereocenters. The fraction of sp³-hybridized carbons (Fsp3) is 0.0769. The minimum absolute atomic E-state index is 0.601. The summed E-state index contributed by atoms with van der Waals surface area (Å²) in [5.41, 5.74) is 2.67. The van der Waals surface area contributed by atoms with Crippen LogP contribution in [0.15, 0.2) is 46.6 Å². The molecule has 2 aliphatic rings. The Kier molecular flexibility index (Phi) is 1.87. The number of hydrogen-bond acceptors (Lipinski definition) is 3. The first-order valence-corrected chi connectivity index (χ1v) is 5.01. The van der Waals surface area contributed by atoms with E-state index in [1.807, 2.05) is 30.3 Å². The average Bonchev–Trinajstić information content (AvgIpc) is 2.35. The Hall–Kier alpha value is -2.34. The zero-order valence-electron chi connectivity index (χ0n) is 8.47. The number of nitriles is 1. The van der Waals surface area contributed by atoms with Crippen LogP contribution >= 0.6 is 0 Å². The Morgan fingerprint density at radius 2 is 2.19 bits per heavy atom. The highest BCUT2D eigenvalue weighted by molar-refractivity contribution is 6.03. The minimum atomic E-state index is 0.601. The number of aliphatic imine (C=N–C) groups is 1.